The van der Waals surface area contributed by atoms with Gasteiger partial charge in [-0.05, 0) is 12.1 Å². The maximum absolute atomic E-state index is 13.0. The molecular formula is C24H28N7O12P. The molecule has 0 aliphatic carbocycles. The van der Waals surface area contributed by atoms with Crippen LogP contribution in [0.25, 0.3) is 22.5 Å². The van der Waals surface area contributed by atoms with Gasteiger partial charge in [-0.2, -0.15) is 0 Å². The van der Waals surface area contributed by atoms with Crippen LogP contribution in [0.5, 0.6) is 0 Å². The molecular weight excluding hydrogens is 609 g/mol. The number of hydrogen-bond acceptors (Lipinski definition) is 15. The van der Waals surface area contributed by atoms with Crippen LogP contribution in [-0.2, 0) is 27.8 Å². The highest BCUT2D eigenvalue weighted by molar-refractivity contribution is 7.47. The number of aromatic nitrogens is 6. The second-order valence-corrected chi connectivity index (χ2v) is 11.4. The number of furan rings is 1. The molecule has 6 rings (SSSR count). The third-order valence-corrected chi connectivity index (χ3v) is 8.35. The van der Waals surface area contributed by atoms with Crippen LogP contribution in [0.3, 0.4) is 0 Å². The number of phosphoric acid groups is 1. The van der Waals surface area contributed by atoms with Crippen molar-refractivity contribution < 1.29 is 47.3 Å². The number of hydrogen-bond donors (Lipinski definition) is 5. The van der Waals surface area contributed by atoms with Crippen LogP contribution in [-0.4, -0.2) is 95.0 Å². The monoisotopic (exact) mass is 637 g/mol. The summed E-state index contributed by atoms with van der Waals surface area (Å²) in [6.07, 6.45) is -2.72. The predicted molar refractivity (Wildman–Crippen MR) is 146 cm³/mol. The minimum Gasteiger partial charge on any atom is -0.464 e. The number of rotatable bonds is 10. The molecule has 20 heteroatoms. The van der Waals surface area contributed by atoms with E-state index < -0.39 is 75.3 Å². The molecule has 0 bridgehead atoms. The Hall–Kier alpha value is -3.78. The lowest BCUT2D eigenvalue weighted by Crippen LogP contribution is -2.35. The number of nitrogens with one attached hydrogen (secondary N) is 1. The van der Waals surface area contributed by atoms with Crippen LogP contribution >= 0.6 is 7.82 Å². The molecule has 2 aliphatic heterocycles. The Morgan fingerprint density at radius 3 is 2.75 bits per heavy atom. The van der Waals surface area contributed by atoms with Crippen LogP contribution < -0.4 is 17.0 Å². The van der Waals surface area contributed by atoms with E-state index in [9.17, 15) is 29.3 Å². The minimum atomic E-state index is -4.85. The summed E-state index contributed by atoms with van der Waals surface area (Å²) in [6.45, 7) is -1.22. The molecule has 6 heterocycles. The van der Waals surface area contributed by atoms with Crippen LogP contribution in [0.2, 0.25) is 0 Å². The lowest BCUT2D eigenvalue weighted by molar-refractivity contribution is -0.0627. The lowest BCUT2D eigenvalue weighted by atomic mass is 10.1. The number of aliphatic hydroxyl groups is 2. The number of aromatic amines is 1. The summed E-state index contributed by atoms with van der Waals surface area (Å²) in [4.78, 5) is 49.8. The van der Waals surface area contributed by atoms with Gasteiger partial charge >= 0.3 is 13.5 Å². The number of methoxy groups -OCH3 is 1. The summed E-state index contributed by atoms with van der Waals surface area (Å²) in [5.74, 6) is 0.341. The van der Waals surface area contributed by atoms with E-state index in [2.05, 4.69) is 19.9 Å². The Labute approximate surface area is 246 Å². The van der Waals surface area contributed by atoms with Crippen molar-refractivity contribution in [3.05, 3.63) is 58.1 Å². The maximum Gasteiger partial charge on any atom is 0.472 e. The topological polar surface area (TPSA) is 262 Å². The molecule has 0 saturated carbocycles. The van der Waals surface area contributed by atoms with Crippen molar-refractivity contribution in [1.29, 1.82) is 0 Å². The number of nitrogens with zero attached hydrogens (tertiary/aromatic N) is 5. The van der Waals surface area contributed by atoms with E-state index in [-0.39, 0.29) is 23.6 Å². The van der Waals surface area contributed by atoms with Crippen LogP contribution in [0.4, 0.5) is 5.82 Å². The third-order valence-electron chi connectivity index (χ3n) is 7.34. The summed E-state index contributed by atoms with van der Waals surface area (Å²) in [5, 5.41) is 20.7. The fourth-order valence-corrected chi connectivity index (χ4v) is 6.17. The molecule has 2 fully saturated rings. The number of ether oxygens (including phenoxy) is 3. The fourth-order valence-electron chi connectivity index (χ4n) is 5.21. The molecule has 0 aromatic carbocycles. The Morgan fingerprint density at radius 1 is 1.20 bits per heavy atom. The molecule has 0 amide bonds. The van der Waals surface area contributed by atoms with Gasteiger partial charge in [-0.15, -0.1) is 0 Å². The first-order chi connectivity index (χ1) is 21.1. The van der Waals surface area contributed by atoms with E-state index in [1.807, 2.05) is 0 Å². The zero-order chi connectivity index (χ0) is 31.2. The number of nitrogens with two attached hydrogens (primary N) is 1. The van der Waals surface area contributed by atoms with Gasteiger partial charge in [0.2, 0.25) is 0 Å². The van der Waals surface area contributed by atoms with E-state index >= 15 is 0 Å². The highest BCUT2D eigenvalue weighted by Gasteiger charge is 2.47. The van der Waals surface area contributed by atoms with Gasteiger partial charge in [-0.1, -0.05) is 0 Å². The van der Waals surface area contributed by atoms with Gasteiger partial charge in [0, 0.05) is 19.7 Å². The molecule has 0 spiro atoms. The SMILES string of the molecule is CO[C@H]1[C@@H](O)[C@@H](COP(=O)(O)OC2C[C@H](n3cc(-c4ccco4)c(=O)[nH]c3=O)O[C@@H]2CO)O[C@H]1n1cnc2c(N)ncnc21. The Bertz CT molecular complexity index is 1790. The highest BCUT2D eigenvalue weighted by atomic mass is 31.2. The molecule has 2 saturated heterocycles. The van der Waals surface area contributed by atoms with E-state index in [4.69, 9.17) is 33.4 Å². The average molecular weight is 637 g/mol. The number of phosphoric ester groups is 1. The zero-order valence-corrected chi connectivity index (χ0v) is 23.8. The molecule has 19 nitrogen and oxygen atoms in total. The highest BCUT2D eigenvalue weighted by Crippen LogP contribution is 2.49. The van der Waals surface area contributed by atoms with Gasteiger partial charge in [-0.3, -0.25) is 28.0 Å². The number of imidazole rings is 1. The van der Waals surface area contributed by atoms with Crippen molar-refractivity contribution in [2.24, 2.45) is 0 Å². The van der Waals surface area contributed by atoms with Crippen molar-refractivity contribution in [2.45, 2.75) is 49.4 Å². The molecule has 0 radical (unpaired) electrons. The Kier molecular flexibility index (Phi) is 8.22. The van der Waals surface area contributed by atoms with Crippen molar-refractivity contribution in [3.63, 3.8) is 0 Å². The van der Waals surface area contributed by atoms with E-state index in [1.165, 1.54) is 42.9 Å². The first kappa shape index (κ1) is 30.3. The van der Waals surface area contributed by atoms with E-state index in [0.29, 0.717) is 11.2 Å². The van der Waals surface area contributed by atoms with Crippen LogP contribution in [0.15, 0.2) is 51.3 Å². The Morgan fingerprint density at radius 2 is 2.02 bits per heavy atom. The summed E-state index contributed by atoms with van der Waals surface area (Å²) < 4.78 is 48.3. The fraction of sp³-hybridized carbons (Fsp3) is 0.458. The molecule has 236 valence electrons. The molecule has 44 heavy (non-hydrogen) atoms. The van der Waals surface area contributed by atoms with Crippen LogP contribution in [0, 0.1) is 0 Å². The summed E-state index contributed by atoms with van der Waals surface area (Å²) in [7, 11) is -3.50. The summed E-state index contributed by atoms with van der Waals surface area (Å²) >= 11 is 0. The molecule has 6 N–H and O–H groups in total. The van der Waals surface area contributed by atoms with Gasteiger partial charge in [0.1, 0.15) is 54.4 Å². The smallest absolute Gasteiger partial charge is 0.464 e. The zero-order valence-electron chi connectivity index (χ0n) is 22.9. The standard InChI is InChI=1S/C24H28N7O12P/c1-38-19-18(33)15(42-23(19)31-10-28-17-20(25)26-9-27-21(17)31)8-40-44(36,37)43-13-5-16(41-14(13)7-32)30-6-11(12-3-2-4-39-12)22(34)29-24(30)35/h2-4,6,9-10,13-16,18-19,23,32-33H,5,7-8H2,1H3,(H,36,37)(H2,25,26,27)(H,29,34,35)/t13?,14-,15-,16-,18+,19+,23-/m1/s1. The summed E-state index contributed by atoms with van der Waals surface area (Å²) in [5.41, 5.74) is 5.02. The van der Waals surface area contributed by atoms with Crippen molar-refractivity contribution >= 4 is 24.8 Å². The normalized spacial score (nSPS) is 28.5. The molecule has 2 aliphatic rings. The van der Waals surface area contributed by atoms with Gasteiger partial charge in [0.05, 0.1) is 31.4 Å². The molecule has 4 aromatic heterocycles. The van der Waals surface area contributed by atoms with Gasteiger partial charge in [0.15, 0.2) is 17.7 Å². The second-order valence-electron chi connectivity index (χ2n) is 9.98. The lowest BCUT2D eigenvalue weighted by Gasteiger charge is -2.21. The minimum absolute atomic E-state index is 0.0432. The molecule has 2 unspecified atom stereocenters. The van der Waals surface area contributed by atoms with Gasteiger partial charge in [-0.25, -0.2) is 24.3 Å². The average Bonchev–Trinajstić information content (AvgIpc) is 3.78. The maximum atomic E-state index is 13.0. The van der Waals surface area contributed by atoms with Crippen LogP contribution in [0.1, 0.15) is 18.9 Å². The van der Waals surface area contributed by atoms with E-state index in [1.54, 1.807) is 6.07 Å². The van der Waals surface area contributed by atoms with Crippen molar-refractivity contribution in [2.75, 3.05) is 26.1 Å². The van der Waals surface area contributed by atoms with Gasteiger partial charge < -0.3 is 39.5 Å². The van der Waals surface area contributed by atoms with E-state index in [0.717, 1.165) is 4.57 Å². The largest absolute Gasteiger partial charge is 0.472 e. The first-order valence-corrected chi connectivity index (χ1v) is 14.7. The first-order valence-electron chi connectivity index (χ1n) is 13.2. The molecule has 8 atom stereocenters. The van der Waals surface area contributed by atoms with Crippen molar-refractivity contribution in [3.8, 4) is 11.3 Å². The summed E-state index contributed by atoms with van der Waals surface area (Å²) in [6, 6.07) is 3.09. The second kappa shape index (κ2) is 12.0. The number of nitrogen functional groups attached to an aromatic ring is 1. The van der Waals surface area contributed by atoms with Crippen molar-refractivity contribution in [1.82, 2.24) is 29.1 Å². The molecule has 4 aromatic rings. The number of H-pyrrole nitrogens is 1. The third kappa shape index (κ3) is 5.60. The Balaban J connectivity index is 1.13. The number of anilines is 1. The number of fused-ring (bicyclic) bond motifs is 1. The van der Waals surface area contributed by atoms with Gasteiger partial charge in [0.25, 0.3) is 5.56 Å². The predicted octanol–water partition coefficient (Wildman–Crippen LogP) is -0.726. The quantitative estimate of drug-likeness (QED) is 0.134. The number of aliphatic hydroxyl groups excluding tert-OH is 2.